The molecular formula is C15H22IN3O2. The third kappa shape index (κ3) is 2.91. The summed E-state index contributed by atoms with van der Waals surface area (Å²) in [6, 6.07) is 2.60. The Morgan fingerprint density at radius 1 is 1.43 bits per heavy atom. The highest BCUT2D eigenvalue weighted by molar-refractivity contribution is 14.1. The minimum atomic E-state index is -0.412. The number of carbonyl (C=O) groups excluding carboxylic acids is 1. The first-order valence-corrected chi connectivity index (χ1v) is 8.45. The molecule has 2 heterocycles. The molecule has 1 aromatic heterocycles. The van der Waals surface area contributed by atoms with Gasteiger partial charge in [-0.25, -0.2) is 4.79 Å². The summed E-state index contributed by atoms with van der Waals surface area (Å²) in [6.07, 6.45) is 2.05. The summed E-state index contributed by atoms with van der Waals surface area (Å²) < 4.78 is 8.74. The maximum absolute atomic E-state index is 12.0. The largest absolute Gasteiger partial charge is 0.444 e. The molecule has 5 nitrogen and oxygen atoms in total. The van der Waals surface area contributed by atoms with E-state index in [-0.39, 0.29) is 6.09 Å². The zero-order valence-electron chi connectivity index (χ0n) is 13.0. The number of nitrogens with zero attached hydrogens (tertiary/aromatic N) is 3. The van der Waals surface area contributed by atoms with Crippen LogP contribution in [0.2, 0.25) is 0 Å². The molecule has 2 aliphatic rings. The second-order valence-corrected chi connectivity index (χ2v) is 8.56. The molecule has 1 amide bonds. The van der Waals surface area contributed by atoms with Crippen molar-refractivity contribution in [1.82, 2.24) is 14.7 Å². The van der Waals surface area contributed by atoms with Crippen LogP contribution in [0.15, 0.2) is 6.07 Å². The van der Waals surface area contributed by atoms with Gasteiger partial charge in [-0.05, 0) is 69.2 Å². The van der Waals surface area contributed by atoms with E-state index in [0.29, 0.717) is 11.5 Å². The van der Waals surface area contributed by atoms with Gasteiger partial charge in [0.15, 0.2) is 0 Å². The lowest BCUT2D eigenvalue weighted by atomic mass is 9.61. The molecule has 2 fully saturated rings. The van der Waals surface area contributed by atoms with Crippen LogP contribution in [0.5, 0.6) is 0 Å². The number of rotatable bonds is 1. The van der Waals surface area contributed by atoms with Gasteiger partial charge in [0.2, 0.25) is 0 Å². The molecule has 1 saturated carbocycles. The number of hydrogen-bond acceptors (Lipinski definition) is 3. The molecule has 1 aliphatic carbocycles. The first kappa shape index (κ1) is 15.1. The Morgan fingerprint density at radius 3 is 2.52 bits per heavy atom. The molecule has 0 unspecified atom stereocenters. The normalized spacial score (nSPS) is 21.1. The summed E-state index contributed by atoms with van der Waals surface area (Å²) in [5, 5.41) is 4.56. The van der Waals surface area contributed by atoms with Crippen molar-refractivity contribution < 1.29 is 9.53 Å². The molecule has 0 N–H and O–H groups in total. The van der Waals surface area contributed by atoms with Crippen molar-refractivity contribution in [1.29, 1.82) is 0 Å². The summed E-state index contributed by atoms with van der Waals surface area (Å²) in [4.78, 5) is 13.8. The van der Waals surface area contributed by atoms with Gasteiger partial charge in [0, 0.05) is 18.5 Å². The third-order valence-electron chi connectivity index (χ3n) is 4.20. The Balaban J connectivity index is 1.52. The molecule has 6 heteroatoms. The van der Waals surface area contributed by atoms with Crippen LogP contribution in [0, 0.1) is 16.0 Å². The van der Waals surface area contributed by atoms with E-state index in [2.05, 4.69) is 38.4 Å². The lowest BCUT2D eigenvalue weighted by molar-refractivity contribution is -0.0932. The molecular weight excluding hydrogens is 381 g/mol. The van der Waals surface area contributed by atoms with Crippen molar-refractivity contribution in [3.05, 3.63) is 15.5 Å². The van der Waals surface area contributed by atoms with Crippen LogP contribution in [0.25, 0.3) is 0 Å². The molecule has 1 aromatic rings. The molecule has 1 saturated heterocycles. The highest BCUT2D eigenvalue weighted by Gasteiger charge is 2.55. The standard InChI is InChI=1S/C15H22IN3O2/c1-10-5-12(16)19(17-10)11-6-15(7-11)8-18(9-15)13(20)21-14(2,3)4/h5,11H,6-9H2,1-4H3. The van der Waals surface area contributed by atoms with E-state index in [1.54, 1.807) is 0 Å². The molecule has 0 atom stereocenters. The average molecular weight is 403 g/mol. The zero-order chi connectivity index (χ0) is 15.4. The van der Waals surface area contributed by atoms with Gasteiger partial charge in [-0.3, -0.25) is 4.68 Å². The number of halogens is 1. The first-order chi connectivity index (χ1) is 9.67. The quantitative estimate of drug-likeness (QED) is 0.676. The second-order valence-electron chi connectivity index (χ2n) is 7.45. The van der Waals surface area contributed by atoms with E-state index in [0.717, 1.165) is 31.6 Å². The number of ether oxygens (including phenoxy) is 1. The lowest BCUT2D eigenvalue weighted by Gasteiger charge is -2.58. The third-order valence-corrected chi connectivity index (χ3v) is 5.01. The van der Waals surface area contributed by atoms with Gasteiger partial charge in [0.05, 0.1) is 15.4 Å². The van der Waals surface area contributed by atoms with Crippen LogP contribution in [0.4, 0.5) is 4.79 Å². The van der Waals surface area contributed by atoms with Gasteiger partial charge in [-0.15, -0.1) is 0 Å². The summed E-state index contributed by atoms with van der Waals surface area (Å²) in [6.45, 7) is 9.40. The van der Waals surface area contributed by atoms with Gasteiger partial charge in [0.25, 0.3) is 0 Å². The number of aryl methyl sites for hydroxylation is 1. The van der Waals surface area contributed by atoms with Gasteiger partial charge in [-0.1, -0.05) is 0 Å². The molecule has 1 spiro atoms. The van der Waals surface area contributed by atoms with Gasteiger partial charge >= 0.3 is 6.09 Å². The minimum Gasteiger partial charge on any atom is -0.444 e. The van der Waals surface area contributed by atoms with Crippen LogP contribution < -0.4 is 0 Å². The topological polar surface area (TPSA) is 47.4 Å². The van der Waals surface area contributed by atoms with Crippen molar-refractivity contribution >= 4 is 28.7 Å². The van der Waals surface area contributed by atoms with Gasteiger partial charge < -0.3 is 9.64 Å². The molecule has 116 valence electrons. The van der Waals surface area contributed by atoms with E-state index in [4.69, 9.17) is 4.74 Å². The Labute approximate surface area is 139 Å². The van der Waals surface area contributed by atoms with Crippen molar-refractivity contribution in [2.75, 3.05) is 13.1 Å². The van der Waals surface area contributed by atoms with E-state index in [1.165, 1.54) is 3.70 Å². The number of hydrogen-bond donors (Lipinski definition) is 0. The molecule has 1 aliphatic heterocycles. The predicted octanol–water partition coefficient (Wildman–Crippen LogP) is 3.37. The molecule has 21 heavy (non-hydrogen) atoms. The second kappa shape index (κ2) is 4.86. The monoisotopic (exact) mass is 403 g/mol. The van der Waals surface area contributed by atoms with Crippen LogP contribution in [-0.2, 0) is 4.74 Å². The molecule has 0 bridgehead atoms. The van der Waals surface area contributed by atoms with Crippen molar-refractivity contribution in [2.45, 2.75) is 52.2 Å². The Morgan fingerprint density at radius 2 is 2.05 bits per heavy atom. The van der Waals surface area contributed by atoms with Crippen LogP contribution in [-0.4, -0.2) is 39.5 Å². The number of amides is 1. The fourth-order valence-corrected chi connectivity index (χ4v) is 4.28. The Bertz CT molecular complexity index is 562. The van der Waals surface area contributed by atoms with Crippen LogP contribution >= 0.6 is 22.6 Å². The first-order valence-electron chi connectivity index (χ1n) is 7.37. The average Bonchev–Trinajstić information content (AvgIpc) is 2.51. The summed E-state index contributed by atoms with van der Waals surface area (Å²) in [5.41, 5.74) is 0.971. The summed E-state index contributed by atoms with van der Waals surface area (Å²) in [5.74, 6) is 0. The zero-order valence-corrected chi connectivity index (χ0v) is 15.2. The van der Waals surface area contributed by atoms with Crippen molar-refractivity contribution in [3.8, 4) is 0 Å². The van der Waals surface area contributed by atoms with Gasteiger partial charge in [-0.2, -0.15) is 5.10 Å². The van der Waals surface area contributed by atoms with E-state index < -0.39 is 5.60 Å². The fourth-order valence-electron chi connectivity index (χ4n) is 3.33. The fraction of sp³-hybridized carbons (Fsp3) is 0.733. The van der Waals surface area contributed by atoms with Crippen LogP contribution in [0.1, 0.15) is 45.3 Å². The maximum atomic E-state index is 12.0. The maximum Gasteiger partial charge on any atom is 0.410 e. The highest BCUT2D eigenvalue weighted by Crippen LogP contribution is 2.54. The number of aromatic nitrogens is 2. The summed E-state index contributed by atoms with van der Waals surface area (Å²) in [7, 11) is 0. The smallest absolute Gasteiger partial charge is 0.410 e. The number of likely N-dealkylation sites (tertiary alicyclic amines) is 1. The Kier molecular flexibility index (Phi) is 3.50. The van der Waals surface area contributed by atoms with Crippen molar-refractivity contribution in [2.24, 2.45) is 5.41 Å². The predicted molar refractivity (Wildman–Crippen MR) is 88.2 cm³/mol. The van der Waals surface area contributed by atoms with E-state index in [9.17, 15) is 4.79 Å². The molecule has 0 radical (unpaired) electrons. The highest BCUT2D eigenvalue weighted by atomic mass is 127. The molecule has 3 rings (SSSR count). The minimum absolute atomic E-state index is 0.180. The van der Waals surface area contributed by atoms with Crippen molar-refractivity contribution in [3.63, 3.8) is 0 Å². The lowest BCUT2D eigenvalue weighted by Crippen LogP contribution is -2.64. The number of carbonyl (C=O) groups is 1. The van der Waals surface area contributed by atoms with E-state index in [1.807, 2.05) is 32.6 Å². The van der Waals surface area contributed by atoms with E-state index >= 15 is 0 Å². The Hall–Kier alpha value is -0.790. The summed E-state index contributed by atoms with van der Waals surface area (Å²) >= 11 is 2.34. The van der Waals surface area contributed by atoms with Crippen LogP contribution in [0.3, 0.4) is 0 Å². The SMILES string of the molecule is Cc1cc(I)n(C2CC3(C2)CN(C(=O)OC(C)(C)C)C3)n1. The molecule has 0 aromatic carbocycles. The van der Waals surface area contributed by atoms with Gasteiger partial charge in [0.1, 0.15) is 5.60 Å².